The van der Waals surface area contributed by atoms with Crippen LogP contribution in [-0.2, 0) is 4.79 Å². The van der Waals surface area contributed by atoms with Crippen LogP contribution < -0.4 is 5.32 Å². The van der Waals surface area contributed by atoms with E-state index in [4.69, 9.17) is 0 Å². The molecule has 0 atom stereocenters. The lowest BCUT2D eigenvalue weighted by Gasteiger charge is -2.33. The lowest BCUT2D eigenvalue weighted by atomic mass is 9.80. The van der Waals surface area contributed by atoms with Crippen LogP contribution >= 0.6 is 11.7 Å². The molecule has 2 aromatic rings. The quantitative estimate of drug-likeness (QED) is 0.867. The third-order valence-corrected chi connectivity index (χ3v) is 3.39. The molecule has 8 heteroatoms. The van der Waals surface area contributed by atoms with E-state index in [2.05, 4.69) is 24.4 Å². The van der Waals surface area contributed by atoms with Gasteiger partial charge in [-0.1, -0.05) is 5.21 Å². The minimum atomic E-state index is 0.00839. The molecule has 0 spiro atoms. The van der Waals surface area contributed by atoms with Gasteiger partial charge in [0.1, 0.15) is 0 Å². The summed E-state index contributed by atoms with van der Waals surface area (Å²) in [5.41, 5.74) is 0. The van der Waals surface area contributed by atoms with Gasteiger partial charge >= 0.3 is 0 Å². The molecule has 1 fully saturated rings. The zero-order valence-electron chi connectivity index (χ0n) is 8.85. The van der Waals surface area contributed by atoms with Gasteiger partial charge in [0, 0.05) is 12.1 Å². The highest BCUT2D eigenvalue weighted by molar-refractivity contribution is 6.99. The van der Waals surface area contributed by atoms with Gasteiger partial charge in [-0.2, -0.15) is 8.75 Å². The van der Waals surface area contributed by atoms with E-state index >= 15 is 0 Å². The topological polar surface area (TPSA) is 85.6 Å². The molecule has 1 aliphatic carbocycles. The van der Waals surface area contributed by atoms with Crippen molar-refractivity contribution in [3.63, 3.8) is 0 Å². The average Bonchev–Trinajstić information content (AvgIpc) is 2.87. The van der Waals surface area contributed by atoms with Crippen LogP contribution in [0.25, 0.3) is 0 Å². The summed E-state index contributed by atoms with van der Waals surface area (Å²) in [5, 5.41) is 10.4. The minimum Gasteiger partial charge on any atom is -0.308 e. The summed E-state index contributed by atoms with van der Waals surface area (Å²) in [6.07, 6.45) is 6.62. The predicted molar refractivity (Wildman–Crippen MR) is 60.3 cm³/mol. The van der Waals surface area contributed by atoms with E-state index in [1.807, 2.05) is 6.20 Å². The maximum atomic E-state index is 11.8. The molecule has 1 saturated carbocycles. The van der Waals surface area contributed by atoms with Crippen molar-refractivity contribution in [1.29, 1.82) is 0 Å². The molecule has 7 nitrogen and oxygen atoms in total. The lowest BCUT2D eigenvalue weighted by molar-refractivity contribution is -0.123. The molecule has 0 saturated heterocycles. The smallest absolute Gasteiger partial charge is 0.228 e. The monoisotopic (exact) mass is 250 g/mol. The Morgan fingerprint density at radius 1 is 1.53 bits per heavy atom. The summed E-state index contributed by atoms with van der Waals surface area (Å²) in [6, 6.07) is 0.293. The molecule has 2 aromatic heterocycles. The van der Waals surface area contributed by atoms with Gasteiger partial charge in [-0.15, -0.1) is 5.10 Å². The summed E-state index contributed by atoms with van der Waals surface area (Å²) >= 11 is 1.08. The summed E-state index contributed by atoms with van der Waals surface area (Å²) in [6.45, 7) is 0. The number of nitrogens with zero attached hydrogens (tertiary/aromatic N) is 5. The zero-order valence-corrected chi connectivity index (χ0v) is 9.67. The van der Waals surface area contributed by atoms with Crippen molar-refractivity contribution in [2.45, 2.75) is 18.9 Å². The molecule has 0 radical (unpaired) electrons. The molecule has 1 aliphatic rings. The Bertz CT molecular complexity index is 490. The minimum absolute atomic E-state index is 0.00839. The number of anilines is 1. The number of rotatable bonds is 3. The van der Waals surface area contributed by atoms with E-state index in [0.29, 0.717) is 11.9 Å². The van der Waals surface area contributed by atoms with Crippen molar-refractivity contribution in [2.24, 2.45) is 5.92 Å². The Balaban J connectivity index is 1.54. The summed E-state index contributed by atoms with van der Waals surface area (Å²) < 4.78 is 9.56. The van der Waals surface area contributed by atoms with Gasteiger partial charge in [0.15, 0.2) is 5.82 Å². The zero-order chi connectivity index (χ0) is 11.7. The van der Waals surface area contributed by atoms with Crippen molar-refractivity contribution in [3.05, 3.63) is 18.6 Å². The van der Waals surface area contributed by atoms with Crippen LogP contribution in [0.1, 0.15) is 18.9 Å². The molecule has 0 aliphatic heterocycles. The highest BCUT2D eigenvalue weighted by Crippen LogP contribution is 2.37. The first-order valence-corrected chi connectivity index (χ1v) is 6.00. The number of aromatic nitrogens is 5. The number of hydrogen-bond acceptors (Lipinski definition) is 6. The maximum absolute atomic E-state index is 11.8. The number of hydrogen-bond donors (Lipinski definition) is 1. The van der Waals surface area contributed by atoms with Gasteiger partial charge in [0.25, 0.3) is 0 Å². The predicted octanol–water partition coefficient (Wildman–Crippen LogP) is 0.719. The first kappa shape index (κ1) is 10.3. The first-order valence-electron chi connectivity index (χ1n) is 5.27. The van der Waals surface area contributed by atoms with E-state index in [1.165, 1.54) is 0 Å². The van der Waals surface area contributed by atoms with Gasteiger partial charge in [0.2, 0.25) is 5.91 Å². The van der Waals surface area contributed by atoms with Crippen molar-refractivity contribution < 1.29 is 4.79 Å². The second-order valence-corrected chi connectivity index (χ2v) is 4.54. The van der Waals surface area contributed by atoms with Gasteiger partial charge in [0.05, 0.1) is 30.2 Å². The average molecular weight is 250 g/mol. The van der Waals surface area contributed by atoms with Crippen LogP contribution in [-0.4, -0.2) is 29.6 Å². The van der Waals surface area contributed by atoms with Gasteiger partial charge in [-0.25, -0.2) is 4.68 Å². The molecule has 3 rings (SSSR count). The Labute approximate surface area is 101 Å². The third kappa shape index (κ3) is 2.03. The fourth-order valence-corrected chi connectivity index (χ4v) is 2.25. The first-order chi connectivity index (χ1) is 8.33. The molecule has 2 heterocycles. The van der Waals surface area contributed by atoms with Crippen molar-refractivity contribution >= 4 is 23.5 Å². The molecule has 88 valence electrons. The van der Waals surface area contributed by atoms with Crippen LogP contribution in [0.5, 0.6) is 0 Å². The van der Waals surface area contributed by atoms with E-state index in [1.54, 1.807) is 17.1 Å². The lowest BCUT2D eigenvalue weighted by Crippen LogP contribution is -2.36. The highest BCUT2D eigenvalue weighted by Gasteiger charge is 2.36. The largest absolute Gasteiger partial charge is 0.308 e. The molecule has 1 N–H and O–H groups in total. The Morgan fingerprint density at radius 2 is 2.41 bits per heavy atom. The second-order valence-electron chi connectivity index (χ2n) is 3.99. The van der Waals surface area contributed by atoms with E-state index in [-0.39, 0.29) is 11.8 Å². The van der Waals surface area contributed by atoms with Crippen LogP contribution in [0.4, 0.5) is 5.82 Å². The van der Waals surface area contributed by atoms with Crippen molar-refractivity contribution in [1.82, 2.24) is 23.7 Å². The summed E-state index contributed by atoms with van der Waals surface area (Å²) in [7, 11) is 0. The van der Waals surface area contributed by atoms with E-state index in [9.17, 15) is 4.79 Å². The molecular weight excluding hydrogens is 240 g/mol. The van der Waals surface area contributed by atoms with E-state index < -0.39 is 0 Å². The number of nitrogens with one attached hydrogen (secondary N) is 1. The number of carbonyl (C=O) groups excluding carboxylic acids is 1. The summed E-state index contributed by atoms with van der Waals surface area (Å²) in [4.78, 5) is 11.8. The maximum Gasteiger partial charge on any atom is 0.228 e. The molecule has 1 amide bonds. The van der Waals surface area contributed by atoms with Gasteiger partial charge < -0.3 is 5.32 Å². The second kappa shape index (κ2) is 4.21. The van der Waals surface area contributed by atoms with Crippen LogP contribution in [0.15, 0.2) is 18.6 Å². The van der Waals surface area contributed by atoms with Crippen molar-refractivity contribution in [2.75, 3.05) is 5.32 Å². The number of carbonyl (C=O) groups is 1. The van der Waals surface area contributed by atoms with Gasteiger partial charge in [-0.05, 0) is 12.8 Å². The van der Waals surface area contributed by atoms with Crippen LogP contribution in [0.2, 0.25) is 0 Å². The fraction of sp³-hybridized carbons (Fsp3) is 0.444. The van der Waals surface area contributed by atoms with E-state index in [0.717, 1.165) is 24.6 Å². The number of amides is 1. The Hall–Kier alpha value is -1.83. The normalized spacial score (nSPS) is 23.1. The van der Waals surface area contributed by atoms with Gasteiger partial charge in [-0.3, -0.25) is 4.79 Å². The molecule has 0 bridgehead atoms. The van der Waals surface area contributed by atoms with Crippen LogP contribution in [0, 0.1) is 5.92 Å². The Morgan fingerprint density at radius 3 is 3.06 bits per heavy atom. The Kier molecular flexibility index (Phi) is 2.56. The van der Waals surface area contributed by atoms with Crippen molar-refractivity contribution in [3.8, 4) is 0 Å². The SMILES string of the molecule is O=C(Nc1cnsn1)C1CC(n2ccnn2)C1. The van der Waals surface area contributed by atoms with Crippen LogP contribution in [0.3, 0.4) is 0 Å². The highest BCUT2D eigenvalue weighted by atomic mass is 32.1. The molecule has 0 unspecified atom stereocenters. The molecular formula is C9H10N6OS. The summed E-state index contributed by atoms with van der Waals surface area (Å²) in [5.74, 6) is 0.573. The fourth-order valence-electron chi connectivity index (χ4n) is 1.88. The third-order valence-electron chi connectivity index (χ3n) is 2.91. The standard InChI is InChI=1S/C9H10N6OS/c16-9(12-8-5-11-17-13-8)6-3-7(4-6)15-2-1-10-14-15/h1-2,5-7H,3-4H2,(H,12,13,16). The molecule has 0 aromatic carbocycles. The molecule has 17 heavy (non-hydrogen) atoms.